The Morgan fingerprint density at radius 1 is 1.03 bits per heavy atom. The quantitative estimate of drug-likeness (QED) is 0.676. The molecule has 3 aromatic rings. The molecule has 0 saturated heterocycles. The van der Waals surface area contributed by atoms with E-state index >= 15 is 0 Å². The third kappa shape index (κ3) is 3.54. The number of anilines is 1. The minimum Gasteiger partial charge on any atom is -0.268 e. The van der Waals surface area contributed by atoms with E-state index in [2.05, 4.69) is 10.2 Å². The van der Waals surface area contributed by atoms with Crippen molar-refractivity contribution in [3.8, 4) is 11.3 Å². The van der Waals surface area contributed by atoms with Gasteiger partial charge in [-0.3, -0.25) is 9.10 Å². The number of benzene rings is 2. The fourth-order valence-corrected chi connectivity index (χ4v) is 5.85. The molecule has 1 heterocycles. The summed E-state index contributed by atoms with van der Waals surface area (Å²) >= 11 is 0. The Bertz CT molecular complexity index is 1230. The highest BCUT2D eigenvalue weighted by Gasteiger charge is 2.27. The van der Waals surface area contributed by atoms with Crippen molar-refractivity contribution in [1.29, 1.82) is 0 Å². The van der Waals surface area contributed by atoms with Crippen LogP contribution >= 0.6 is 0 Å². The van der Waals surface area contributed by atoms with Crippen LogP contribution in [0.5, 0.6) is 0 Å². The monoisotopic (exact) mass is 423 g/mol. The summed E-state index contributed by atoms with van der Waals surface area (Å²) < 4.78 is 28.5. The molecule has 0 fully saturated rings. The first kappa shape index (κ1) is 20.3. The molecule has 0 unspecified atom stereocenters. The predicted molar refractivity (Wildman–Crippen MR) is 118 cm³/mol. The van der Waals surface area contributed by atoms with Crippen molar-refractivity contribution >= 4 is 15.7 Å². The summed E-state index contributed by atoms with van der Waals surface area (Å²) in [6.45, 7) is 3.94. The number of aromatic nitrogens is 2. The second-order valence-electron chi connectivity index (χ2n) is 7.55. The molecule has 1 aromatic heterocycles. The van der Waals surface area contributed by atoms with E-state index in [4.69, 9.17) is 0 Å². The summed E-state index contributed by atoms with van der Waals surface area (Å²) in [5.74, 6) is 0. The highest BCUT2D eigenvalue weighted by atomic mass is 32.2. The van der Waals surface area contributed by atoms with Gasteiger partial charge in [-0.05, 0) is 68.9 Å². The number of aryl methyl sites for hydroxylation is 1. The van der Waals surface area contributed by atoms with Crippen LogP contribution < -0.4 is 9.86 Å². The lowest BCUT2D eigenvalue weighted by Gasteiger charge is -2.24. The molecule has 2 aromatic carbocycles. The number of H-pyrrole nitrogens is 1. The summed E-state index contributed by atoms with van der Waals surface area (Å²) in [7, 11) is -3.76. The van der Waals surface area contributed by atoms with Gasteiger partial charge in [-0.1, -0.05) is 30.3 Å². The maximum atomic E-state index is 13.6. The average Bonchev–Trinajstić information content (AvgIpc) is 2.76. The maximum absolute atomic E-state index is 13.6. The van der Waals surface area contributed by atoms with E-state index in [9.17, 15) is 13.2 Å². The molecular weight excluding hydrogens is 398 g/mol. The van der Waals surface area contributed by atoms with Crippen molar-refractivity contribution in [2.75, 3.05) is 10.8 Å². The Morgan fingerprint density at radius 3 is 2.43 bits per heavy atom. The van der Waals surface area contributed by atoms with Crippen molar-refractivity contribution in [1.82, 2.24) is 10.2 Å². The van der Waals surface area contributed by atoms with Gasteiger partial charge in [-0.2, -0.15) is 5.10 Å². The van der Waals surface area contributed by atoms with Crippen LogP contribution in [0.25, 0.3) is 11.3 Å². The van der Waals surface area contributed by atoms with Crippen molar-refractivity contribution in [3.63, 3.8) is 0 Å². The second kappa shape index (κ2) is 8.07. The van der Waals surface area contributed by atoms with Crippen molar-refractivity contribution in [2.24, 2.45) is 0 Å². The topological polar surface area (TPSA) is 83.1 Å². The Morgan fingerprint density at radius 2 is 1.73 bits per heavy atom. The van der Waals surface area contributed by atoms with Crippen LogP contribution in [-0.2, 0) is 22.9 Å². The molecule has 4 rings (SSSR count). The molecule has 0 saturated carbocycles. The second-order valence-corrected chi connectivity index (χ2v) is 9.38. The number of nitrogens with one attached hydrogen (secondary N) is 1. The van der Waals surface area contributed by atoms with Crippen molar-refractivity contribution < 1.29 is 8.42 Å². The normalized spacial score (nSPS) is 13.7. The molecule has 1 N–H and O–H groups in total. The zero-order valence-electron chi connectivity index (χ0n) is 17.2. The van der Waals surface area contributed by atoms with Crippen LogP contribution in [-0.4, -0.2) is 25.2 Å². The highest BCUT2D eigenvalue weighted by molar-refractivity contribution is 7.92. The van der Waals surface area contributed by atoms with Gasteiger partial charge < -0.3 is 0 Å². The Balaban J connectivity index is 1.85. The van der Waals surface area contributed by atoms with E-state index in [0.29, 0.717) is 29.1 Å². The van der Waals surface area contributed by atoms with Crippen LogP contribution in [0.3, 0.4) is 0 Å². The van der Waals surface area contributed by atoms with E-state index in [1.807, 2.05) is 37.3 Å². The van der Waals surface area contributed by atoms with Gasteiger partial charge in [0.05, 0.1) is 16.3 Å². The van der Waals surface area contributed by atoms with Gasteiger partial charge in [-0.15, -0.1) is 0 Å². The largest absolute Gasteiger partial charge is 0.268 e. The number of aromatic amines is 1. The lowest BCUT2D eigenvalue weighted by molar-refractivity contribution is 0.591. The number of para-hydroxylation sites is 1. The van der Waals surface area contributed by atoms with Gasteiger partial charge in [0.2, 0.25) is 0 Å². The summed E-state index contributed by atoms with van der Waals surface area (Å²) in [5, 5.41) is 6.89. The van der Waals surface area contributed by atoms with Crippen LogP contribution in [0.2, 0.25) is 0 Å². The summed E-state index contributed by atoms with van der Waals surface area (Å²) in [6.07, 6.45) is 3.49. The van der Waals surface area contributed by atoms with Gasteiger partial charge in [0, 0.05) is 17.7 Å². The Labute approximate surface area is 176 Å². The molecule has 30 heavy (non-hydrogen) atoms. The van der Waals surface area contributed by atoms with E-state index in [1.54, 1.807) is 25.1 Å². The van der Waals surface area contributed by atoms with Gasteiger partial charge in [0.25, 0.3) is 15.6 Å². The number of nitrogens with zero attached hydrogens (tertiary/aromatic N) is 2. The third-order valence-corrected chi connectivity index (χ3v) is 7.70. The third-order valence-electron chi connectivity index (χ3n) is 5.66. The van der Waals surface area contributed by atoms with E-state index in [-0.39, 0.29) is 10.5 Å². The van der Waals surface area contributed by atoms with Gasteiger partial charge in [0.1, 0.15) is 0 Å². The smallest absolute Gasteiger partial charge is 0.267 e. The number of fused-ring (bicyclic) bond motifs is 1. The molecule has 0 amide bonds. The number of sulfonamides is 1. The molecule has 156 valence electrons. The SMILES string of the molecule is CCN(c1ccccc1)S(=O)(=O)c1cc(-c2n[nH]c(=O)c3c2CCCC3)ccc1C. The Hall–Kier alpha value is -2.93. The minimum atomic E-state index is -3.76. The van der Waals surface area contributed by atoms with Crippen molar-refractivity contribution in [2.45, 2.75) is 44.4 Å². The van der Waals surface area contributed by atoms with Gasteiger partial charge in [0.15, 0.2) is 0 Å². The molecule has 6 nitrogen and oxygen atoms in total. The molecule has 0 spiro atoms. The molecule has 0 bridgehead atoms. The lowest BCUT2D eigenvalue weighted by Crippen LogP contribution is -2.31. The fraction of sp³-hybridized carbons (Fsp3) is 0.304. The molecule has 7 heteroatoms. The predicted octanol–water partition coefficient (Wildman–Crippen LogP) is 3.84. The molecule has 1 aliphatic carbocycles. The van der Waals surface area contributed by atoms with Crippen molar-refractivity contribution in [3.05, 3.63) is 75.6 Å². The van der Waals surface area contributed by atoms with Gasteiger partial charge >= 0.3 is 0 Å². The average molecular weight is 424 g/mol. The summed E-state index contributed by atoms with van der Waals surface area (Å²) in [6, 6.07) is 14.5. The van der Waals surface area contributed by atoms with Crippen LogP contribution in [0.15, 0.2) is 58.2 Å². The standard InChI is InChI=1S/C23H25N3O3S/c1-3-26(18-9-5-4-6-10-18)30(28,29)21-15-17(14-13-16(21)2)22-19-11-7-8-12-20(19)23(27)25-24-22/h4-6,9-10,13-15H,3,7-8,11-12H2,1-2H3,(H,25,27). The van der Waals surface area contributed by atoms with Crippen LogP contribution in [0, 0.1) is 6.92 Å². The summed E-state index contributed by atoms with van der Waals surface area (Å²) in [4.78, 5) is 12.4. The van der Waals surface area contributed by atoms with E-state index in [1.165, 1.54) is 4.31 Å². The molecule has 1 aliphatic rings. The molecule has 0 atom stereocenters. The lowest BCUT2D eigenvalue weighted by atomic mass is 9.90. The zero-order chi connectivity index (χ0) is 21.3. The molecular formula is C23H25N3O3S. The zero-order valence-corrected chi connectivity index (χ0v) is 18.0. The fourth-order valence-electron chi connectivity index (χ4n) is 4.13. The first-order chi connectivity index (χ1) is 14.4. The number of hydrogen-bond donors (Lipinski definition) is 1. The molecule has 0 radical (unpaired) electrons. The summed E-state index contributed by atoms with van der Waals surface area (Å²) in [5.41, 5.74) is 4.25. The Kier molecular flexibility index (Phi) is 5.47. The first-order valence-electron chi connectivity index (χ1n) is 10.2. The first-order valence-corrected chi connectivity index (χ1v) is 11.7. The maximum Gasteiger partial charge on any atom is 0.267 e. The van der Waals surface area contributed by atoms with E-state index < -0.39 is 10.0 Å². The van der Waals surface area contributed by atoms with Crippen LogP contribution in [0.1, 0.15) is 36.5 Å². The highest BCUT2D eigenvalue weighted by Crippen LogP contribution is 2.32. The van der Waals surface area contributed by atoms with E-state index in [0.717, 1.165) is 36.8 Å². The van der Waals surface area contributed by atoms with Gasteiger partial charge in [-0.25, -0.2) is 13.5 Å². The molecule has 0 aliphatic heterocycles. The van der Waals surface area contributed by atoms with Crippen LogP contribution in [0.4, 0.5) is 5.69 Å². The minimum absolute atomic E-state index is 0.144. The number of hydrogen-bond acceptors (Lipinski definition) is 4. The number of rotatable bonds is 5.